The molecule has 0 saturated carbocycles. The van der Waals surface area contributed by atoms with Crippen molar-refractivity contribution < 1.29 is 37.0 Å². The van der Waals surface area contributed by atoms with Crippen LogP contribution in [0.25, 0.3) is 0 Å². The highest BCUT2D eigenvalue weighted by Gasteiger charge is 2.30. The lowest BCUT2D eigenvalue weighted by molar-refractivity contribution is -0.137. The average molecular weight is 489 g/mol. The first-order chi connectivity index (χ1) is 16.5. The molecule has 0 radical (unpaired) electrons. The molecule has 0 amide bonds. The van der Waals surface area contributed by atoms with E-state index in [1.54, 1.807) is 20.8 Å². The number of aromatic nitrogens is 2. The van der Waals surface area contributed by atoms with Gasteiger partial charge in [0.25, 0.3) is 0 Å². The fraction of sp³-hybridized carbons (Fsp3) is 0.250. The number of carbonyl (C=O) groups excluding carboxylic acids is 3. The number of alkyl halides is 3. The van der Waals surface area contributed by atoms with Crippen LogP contribution in [-0.2, 0) is 15.7 Å². The number of ether oxygens (including phenoxy) is 2. The lowest BCUT2D eigenvalue weighted by Crippen LogP contribution is -2.19. The molecule has 8 nitrogen and oxygen atoms in total. The third kappa shape index (κ3) is 5.86. The number of hydrogen-bond donors (Lipinski definition) is 2. The molecule has 0 atom stereocenters. The topological polar surface area (TPSA) is 110 Å². The van der Waals surface area contributed by atoms with Gasteiger partial charge in [0.05, 0.1) is 23.3 Å². The SMILES string of the molecule is CCOC(=O)c1c(C)[nH]c(C)c1C(=O)COC(=O)c1cccnc1Nc1cccc(C(F)(F)F)c1. The maximum absolute atomic E-state index is 13.0. The minimum atomic E-state index is -4.54. The van der Waals surface area contributed by atoms with Crippen molar-refractivity contribution in [2.24, 2.45) is 0 Å². The molecule has 0 aliphatic heterocycles. The molecule has 0 spiro atoms. The number of anilines is 2. The summed E-state index contributed by atoms with van der Waals surface area (Å²) >= 11 is 0. The van der Waals surface area contributed by atoms with Gasteiger partial charge in [0.15, 0.2) is 6.61 Å². The van der Waals surface area contributed by atoms with Crippen molar-refractivity contribution in [2.45, 2.75) is 26.9 Å². The molecule has 35 heavy (non-hydrogen) atoms. The number of hydrogen-bond acceptors (Lipinski definition) is 7. The zero-order chi connectivity index (χ0) is 25.8. The van der Waals surface area contributed by atoms with Crippen LogP contribution >= 0.6 is 0 Å². The standard InChI is InChI=1S/C24H22F3N3O5/c1-4-34-23(33)20-14(3)29-13(2)19(20)18(31)12-35-22(32)17-9-6-10-28-21(17)30-16-8-5-7-15(11-16)24(25,26)27/h5-11,29H,4,12H2,1-3H3,(H,28,30). The number of esters is 2. The molecule has 3 rings (SSSR count). The van der Waals surface area contributed by atoms with Crippen LogP contribution in [0.1, 0.15) is 54.9 Å². The first-order valence-corrected chi connectivity index (χ1v) is 10.5. The van der Waals surface area contributed by atoms with Crippen LogP contribution in [0.2, 0.25) is 0 Å². The number of benzene rings is 1. The Morgan fingerprint density at radius 1 is 1.00 bits per heavy atom. The van der Waals surface area contributed by atoms with Gasteiger partial charge in [-0.3, -0.25) is 4.79 Å². The quantitative estimate of drug-likeness (QED) is 0.338. The Morgan fingerprint density at radius 3 is 2.40 bits per heavy atom. The predicted octanol–water partition coefficient (Wildman–Crippen LogP) is 5.01. The van der Waals surface area contributed by atoms with Gasteiger partial charge in [-0.1, -0.05) is 6.07 Å². The van der Waals surface area contributed by atoms with Crippen molar-refractivity contribution in [1.82, 2.24) is 9.97 Å². The van der Waals surface area contributed by atoms with Crippen LogP contribution in [-0.4, -0.2) is 40.9 Å². The van der Waals surface area contributed by atoms with Crippen molar-refractivity contribution in [3.63, 3.8) is 0 Å². The highest BCUT2D eigenvalue weighted by Crippen LogP contribution is 2.31. The van der Waals surface area contributed by atoms with E-state index in [0.29, 0.717) is 11.4 Å². The number of halogens is 3. The number of carbonyl (C=O) groups is 3. The van der Waals surface area contributed by atoms with Gasteiger partial charge in [-0.2, -0.15) is 13.2 Å². The molecule has 1 aromatic carbocycles. The molecular weight excluding hydrogens is 467 g/mol. The van der Waals surface area contributed by atoms with Crippen molar-refractivity contribution in [3.8, 4) is 0 Å². The Kier molecular flexibility index (Phi) is 7.58. The van der Waals surface area contributed by atoms with Gasteiger partial charge in [0, 0.05) is 23.3 Å². The number of rotatable bonds is 8. The molecule has 0 unspecified atom stereocenters. The normalized spacial score (nSPS) is 11.1. The number of Topliss-reactive ketones (excluding diaryl/α,β-unsaturated/α-hetero) is 1. The van der Waals surface area contributed by atoms with E-state index in [-0.39, 0.29) is 34.8 Å². The van der Waals surface area contributed by atoms with Crippen molar-refractivity contribution in [2.75, 3.05) is 18.5 Å². The summed E-state index contributed by atoms with van der Waals surface area (Å²) in [6.07, 6.45) is -3.20. The Morgan fingerprint density at radius 2 is 1.71 bits per heavy atom. The van der Waals surface area contributed by atoms with Crippen LogP contribution in [0.15, 0.2) is 42.6 Å². The molecule has 11 heteroatoms. The van der Waals surface area contributed by atoms with Crippen molar-refractivity contribution in [1.29, 1.82) is 0 Å². The van der Waals surface area contributed by atoms with Crippen LogP contribution in [0.5, 0.6) is 0 Å². The Hall–Kier alpha value is -4.15. The van der Waals surface area contributed by atoms with E-state index in [4.69, 9.17) is 9.47 Å². The zero-order valence-electron chi connectivity index (χ0n) is 19.1. The van der Waals surface area contributed by atoms with Crippen LogP contribution in [0, 0.1) is 13.8 Å². The number of nitrogens with zero attached hydrogens (tertiary/aromatic N) is 1. The van der Waals surface area contributed by atoms with E-state index in [2.05, 4.69) is 15.3 Å². The molecule has 0 aliphatic rings. The number of aryl methyl sites for hydroxylation is 2. The van der Waals surface area contributed by atoms with Gasteiger partial charge in [-0.25, -0.2) is 14.6 Å². The average Bonchev–Trinajstić information content (AvgIpc) is 3.11. The van der Waals surface area contributed by atoms with Crippen LogP contribution in [0.3, 0.4) is 0 Å². The van der Waals surface area contributed by atoms with Gasteiger partial charge in [0.2, 0.25) is 5.78 Å². The molecule has 3 aromatic rings. The Bertz CT molecular complexity index is 1270. The molecule has 2 heterocycles. The largest absolute Gasteiger partial charge is 0.462 e. The first kappa shape index (κ1) is 25.5. The smallest absolute Gasteiger partial charge is 0.416 e. The molecule has 0 saturated heterocycles. The second kappa shape index (κ2) is 10.4. The molecule has 0 fully saturated rings. The maximum Gasteiger partial charge on any atom is 0.416 e. The minimum Gasteiger partial charge on any atom is -0.462 e. The lowest BCUT2D eigenvalue weighted by Gasteiger charge is -2.13. The van der Waals surface area contributed by atoms with Gasteiger partial charge >= 0.3 is 18.1 Å². The number of nitrogens with one attached hydrogen (secondary N) is 2. The second-order valence-electron chi connectivity index (χ2n) is 7.45. The van der Waals surface area contributed by atoms with Crippen molar-refractivity contribution in [3.05, 3.63) is 76.2 Å². The first-order valence-electron chi connectivity index (χ1n) is 10.5. The number of aromatic amines is 1. The van der Waals surface area contributed by atoms with E-state index in [0.717, 1.165) is 12.1 Å². The van der Waals surface area contributed by atoms with Crippen molar-refractivity contribution >= 4 is 29.2 Å². The molecule has 2 N–H and O–H groups in total. The molecule has 2 aromatic heterocycles. The van der Waals surface area contributed by atoms with Crippen LogP contribution in [0.4, 0.5) is 24.7 Å². The van der Waals surface area contributed by atoms with Gasteiger partial charge in [-0.05, 0) is 51.1 Å². The van der Waals surface area contributed by atoms with E-state index >= 15 is 0 Å². The number of H-pyrrole nitrogens is 1. The van der Waals surface area contributed by atoms with Gasteiger partial charge in [-0.15, -0.1) is 0 Å². The highest BCUT2D eigenvalue weighted by atomic mass is 19.4. The summed E-state index contributed by atoms with van der Waals surface area (Å²) in [5, 5.41) is 2.67. The van der Waals surface area contributed by atoms with E-state index < -0.39 is 36.1 Å². The second-order valence-corrected chi connectivity index (χ2v) is 7.45. The third-order valence-corrected chi connectivity index (χ3v) is 4.95. The fourth-order valence-electron chi connectivity index (χ4n) is 3.45. The summed E-state index contributed by atoms with van der Waals surface area (Å²) in [5.74, 6) is -2.28. The summed E-state index contributed by atoms with van der Waals surface area (Å²) in [5.41, 5.74) is 0.0745. The van der Waals surface area contributed by atoms with E-state index in [1.165, 1.54) is 30.5 Å². The third-order valence-electron chi connectivity index (χ3n) is 4.95. The number of ketones is 1. The summed E-state index contributed by atoms with van der Waals surface area (Å²) in [6.45, 7) is 4.29. The summed E-state index contributed by atoms with van der Waals surface area (Å²) < 4.78 is 49.2. The minimum absolute atomic E-state index is 0.0508. The van der Waals surface area contributed by atoms with E-state index in [9.17, 15) is 27.6 Å². The molecular formula is C24H22F3N3O5. The fourth-order valence-corrected chi connectivity index (χ4v) is 3.45. The Labute approximate surface area is 198 Å². The summed E-state index contributed by atoms with van der Waals surface area (Å²) in [6, 6.07) is 7.18. The number of pyridine rings is 1. The molecule has 0 bridgehead atoms. The molecule has 0 aliphatic carbocycles. The van der Waals surface area contributed by atoms with E-state index in [1.807, 2.05) is 0 Å². The zero-order valence-corrected chi connectivity index (χ0v) is 19.1. The summed E-state index contributed by atoms with van der Waals surface area (Å²) in [7, 11) is 0. The monoisotopic (exact) mass is 489 g/mol. The molecule has 184 valence electrons. The summed E-state index contributed by atoms with van der Waals surface area (Å²) in [4.78, 5) is 44.7. The lowest BCUT2D eigenvalue weighted by atomic mass is 10.1. The maximum atomic E-state index is 13.0. The Balaban J connectivity index is 1.77. The van der Waals surface area contributed by atoms with Gasteiger partial charge < -0.3 is 19.8 Å². The van der Waals surface area contributed by atoms with Gasteiger partial charge in [0.1, 0.15) is 11.4 Å². The highest BCUT2D eigenvalue weighted by molar-refractivity contribution is 6.09. The predicted molar refractivity (Wildman–Crippen MR) is 120 cm³/mol. The van der Waals surface area contributed by atoms with Crippen LogP contribution < -0.4 is 5.32 Å².